The number of thiazole rings is 2. The van der Waals surface area contributed by atoms with Gasteiger partial charge in [-0.2, -0.15) is 0 Å². The first kappa shape index (κ1) is 14.0. The number of carbonyl (C=O) groups excluding carboxylic acids is 1. The maximum absolute atomic E-state index is 12.4. The second-order valence-electron chi connectivity index (χ2n) is 4.89. The summed E-state index contributed by atoms with van der Waals surface area (Å²) >= 11 is 2.94. The van der Waals surface area contributed by atoms with Crippen molar-refractivity contribution in [2.75, 3.05) is 5.32 Å². The van der Waals surface area contributed by atoms with Gasteiger partial charge in [0.25, 0.3) is 5.91 Å². The molecule has 4 nitrogen and oxygen atoms in total. The number of aromatic nitrogens is 2. The summed E-state index contributed by atoms with van der Waals surface area (Å²) in [5.74, 6) is -0.158. The lowest BCUT2D eigenvalue weighted by molar-refractivity contribution is 0.102. The average molecular weight is 337 g/mol. The summed E-state index contributed by atoms with van der Waals surface area (Å²) in [7, 11) is 0. The summed E-state index contributed by atoms with van der Waals surface area (Å²) in [6, 6.07) is 15.4. The molecule has 1 amide bonds. The van der Waals surface area contributed by atoms with Crippen molar-refractivity contribution in [2.45, 2.75) is 0 Å². The van der Waals surface area contributed by atoms with Crippen LogP contribution in [0.5, 0.6) is 0 Å². The van der Waals surface area contributed by atoms with Crippen LogP contribution in [-0.2, 0) is 0 Å². The summed E-state index contributed by atoms with van der Waals surface area (Å²) < 4.78 is 1.00. The van der Waals surface area contributed by atoms with E-state index in [1.165, 1.54) is 22.7 Å². The molecule has 4 rings (SSSR count). The Bertz CT molecular complexity index is 976. The molecule has 0 aliphatic carbocycles. The van der Waals surface area contributed by atoms with Crippen molar-refractivity contribution in [1.29, 1.82) is 0 Å². The van der Waals surface area contributed by atoms with E-state index in [1.54, 1.807) is 11.6 Å². The molecule has 0 atom stereocenters. The van der Waals surface area contributed by atoms with Gasteiger partial charge in [-0.3, -0.25) is 10.1 Å². The van der Waals surface area contributed by atoms with Crippen LogP contribution < -0.4 is 5.32 Å². The van der Waals surface area contributed by atoms with Gasteiger partial charge < -0.3 is 0 Å². The zero-order valence-electron chi connectivity index (χ0n) is 11.9. The van der Waals surface area contributed by atoms with Gasteiger partial charge >= 0.3 is 0 Å². The first-order valence-electron chi connectivity index (χ1n) is 6.95. The van der Waals surface area contributed by atoms with E-state index in [4.69, 9.17) is 0 Å². The molecule has 112 valence electrons. The minimum absolute atomic E-state index is 0.158. The number of hydrogen-bond donors (Lipinski definition) is 1. The van der Waals surface area contributed by atoms with E-state index in [1.807, 2.05) is 47.8 Å². The fraction of sp³-hybridized carbons (Fsp3) is 0. The van der Waals surface area contributed by atoms with E-state index in [0.29, 0.717) is 10.7 Å². The zero-order valence-corrected chi connectivity index (χ0v) is 13.5. The molecule has 0 radical (unpaired) electrons. The number of nitrogens with one attached hydrogen (secondary N) is 1. The Kier molecular flexibility index (Phi) is 3.61. The van der Waals surface area contributed by atoms with Crippen LogP contribution >= 0.6 is 22.7 Å². The van der Waals surface area contributed by atoms with E-state index < -0.39 is 0 Å². The zero-order chi connectivity index (χ0) is 15.6. The van der Waals surface area contributed by atoms with Crippen molar-refractivity contribution in [3.8, 4) is 11.3 Å². The SMILES string of the molecule is O=C(Nc1nc(-c2ccccc2)cs1)c1ccc2ncsc2c1. The molecule has 0 saturated carbocycles. The van der Waals surface area contributed by atoms with Gasteiger partial charge in [0.05, 0.1) is 21.4 Å². The van der Waals surface area contributed by atoms with Gasteiger partial charge in [-0.05, 0) is 18.2 Å². The second-order valence-corrected chi connectivity index (χ2v) is 6.64. The van der Waals surface area contributed by atoms with Crippen molar-refractivity contribution in [3.05, 3.63) is 65.0 Å². The lowest BCUT2D eigenvalue weighted by atomic mass is 10.2. The maximum Gasteiger partial charge on any atom is 0.257 e. The third-order valence-electron chi connectivity index (χ3n) is 3.39. The molecular weight excluding hydrogens is 326 g/mol. The molecule has 4 aromatic rings. The Morgan fingerprint density at radius 2 is 1.91 bits per heavy atom. The Hall–Kier alpha value is -2.57. The molecule has 2 aromatic carbocycles. The molecule has 23 heavy (non-hydrogen) atoms. The quantitative estimate of drug-likeness (QED) is 0.591. The molecular formula is C17H11N3OS2. The Morgan fingerprint density at radius 3 is 2.78 bits per heavy atom. The third kappa shape index (κ3) is 2.86. The maximum atomic E-state index is 12.4. The smallest absolute Gasteiger partial charge is 0.257 e. The number of anilines is 1. The van der Waals surface area contributed by atoms with Crippen LogP contribution in [0.15, 0.2) is 59.4 Å². The highest BCUT2D eigenvalue weighted by molar-refractivity contribution is 7.16. The van der Waals surface area contributed by atoms with Gasteiger partial charge in [-0.1, -0.05) is 30.3 Å². The minimum atomic E-state index is -0.158. The van der Waals surface area contributed by atoms with Crippen molar-refractivity contribution < 1.29 is 4.79 Å². The van der Waals surface area contributed by atoms with E-state index in [-0.39, 0.29) is 5.91 Å². The molecule has 0 aliphatic rings. The van der Waals surface area contributed by atoms with Crippen LogP contribution in [0.3, 0.4) is 0 Å². The molecule has 0 saturated heterocycles. The topological polar surface area (TPSA) is 54.9 Å². The van der Waals surface area contributed by atoms with Gasteiger partial charge in [0.2, 0.25) is 0 Å². The first-order valence-corrected chi connectivity index (χ1v) is 8.71. The van der Waals surface area contributed by atoms with Gasteiger partial charge in [0.1, 0.15) is 0 Å². The monoisotopic (exact) mass is 337 g/mol. The molecule has 0 bridgehead atoms. The van der Waals surface area contributed by atoms with E-state index in [2.05, 4.69) is 15.3 Å². The highest BCUT2D eigenvalue weighted by Crippen LogP contribution is 2.25. The standard InChI is InChI=1S/C17H11N3OS2/c21-16(12-6-7-13-15(8-12)23-10-18-13)20-17-19-14(9-22-17)11-4-2-1-3-5-11/h1-10H,(H,19,20,21). The molecule has 2 heterocycles. The summed E-state index contributed by atoms with van der Waals surface area (Å²) in [5.41, 5.74) is 5.20. The first-order chi connectivity index (χ1) is 11.3. The predicted octanol–water partition coefficient (Wildman–Crippen LogP) is 4.67. The van der Waals surface area contributed by atoms with Crippen LogP contribution in [0.2, 0.25) is 0 Å². The second kappa shape index (κ2) is 5.91. The minimum Gasteiger partial charge on any atom is -0.298 e. The number of nitrogens with zero attached hydrogens (tertiary/aromatic N) is 2. The summed E-state index contributed by atoms with van der Waals surface area (Å²) in [6.45, 7) is 0. The fourth-order valence-electron chi connectivity index (χ4n) is 2.24. The van der Waals surface area contributed by atoms with Crippen molar-refractivity contribution in [1.82, 2.24) is 9.97 Å². The molecule has 0 unspecified atom stereocenters. The van der Waals surface area contributed by atoms with Crippen LogP contribution in [0, 0.1) is 0 Å². The van der Waals surface area contributed by atoms with E-state index >= 15 is 0 Å². The number of rotatable bonds is 3. The lowest BCUT2D eigenvalue weighted by Gasteiger charge is -2.01. The highest BCUT2D eigenvalue weighted by Gasteiger charge is 2.11. The summed E-state index contributed by atoms with van der Waals surface area (Å²) in [5, 5.41) is 5.40. The normalized spacial score (nSPS) is 10.8. The largest absolute Gasteiger partial charge is 0.298 e. The summed E-state index contributed by atoms with van der Waals surface area (Å²) in [4.78, 5) is 21.1. The molecule has 0 aliphatic heterocycles. The van der Waals surface area contributed by atoms with Crippen LogP contribution in [-0.4, -0.2) is 15.9 Å². The third-order valence-corrected chi connectivity index (χ3v) is 4.94. The van der Waals surface area contributed by atoms with Crippen LogP contribution in [0.4, 0.5) is 5.13 Å². The molecule has 6 heteroatoms. The van der Waals surface area contributed by atoms with E-state index in [9.17, 15) is 4.79 Å². The average Bonchev–Trinajstić information content (AvgIpc) is 3.24. The number of hydrogen-bond acceptors (Lipinski definition) is 5. The Labute approximate surface area is 140 Å². The molecule has 0 fully saturated rings. The highest BCUT2D eigenvalue weighted by atomic mass is 32.1. The molecule has 1 N–H and O–H groups in total. The van der Waals surface area contributed by atoms with Crippen molar-refractivity contribution >= 4 is 43.9 Å². The number of amides is 1. The lowest BCUT2D eigenvalue weighted by Crippen LogP contribution is -2.11. The number of benzene rings is 2. The van der Waals surface area contributed by atoms with Crippen LogP contribution in [0.25, 0.3) is 21.5 Å². The van der Waals surface area contributed by atoms with Gasteiger partial charge in [-0.15, -0.1) is 22.7 Å². The molecule has 2 aromatic heterocycles. The Balaban J connectivity index is 1.55. The predicted molar refractivity (Wildman–Crippen MR) is 95.1 cm³/mol. The number of carbonyl (C=O) groups is 1. The van der Waals surface area contributed by atoms with Gasteiger partial charge in [0.15, 0.2) is 5.13 Å². The Morgan fingerprint density at radius 1 is 1.04 bits per heavy atom. The molecule has 0 spiro atoms. The number of fused-ring (bicyclic) bond motifs is 1. The van der Waals surface area contributed by atoms with Gasteiger partial charge in [-0.25, -0.2) is 9.97 Å². The van der Waals surface area contributed by atoms with E-state index in [0.717, 1.165) is 21.5 Å². The van der Waals surface area contributed by atoms with Crippen LogP contribution in [0.1, 0.15) is 10.4 Å². The summed E-state index contributed by atoms with van der Waals surface area (Å²) in [6.07, 6.45) is 0. The van der Waals surface area contributed by atoms with Crippen molar-refractivity contribution in [2.24, 2.45) is 0 Å². The fourth-order valence-corrected chi connectivity index (χ4v) is 3.67. The van der Waals surface area contributed by atoms with Crippen molar-refractivity contribution in [3.63, 3.8) is 0 Å². The van der Waals surface area contributed by atoms with Gasteiger partial charge in [0, 0.05) is 16.5 Å².